The molecule has 114 valence electrons. The molecule has 0 spiro atoms. The van der Waals surface area contributed by atoms with Crippen LogP contribution < -0.4 is 4.90 Å². The molecule has 6 nitrogen and oxygen atoms in total. The van der Waals surface area contributed by atoms with E-state index in [0.29, 0.717) is 12.2 Å². The predicted octanol–water partition coefficient (Wildman–Crippen LogP) is 1.99. The standard InChI is InChI=1S/C16H17N3O3/c1-3-19(13-7-5-4-6-8-13)15(20)11-22-16(21)14-10-17-12(2)9-18-14/h4-10H,3,11H2,1-2H3. The van der Waals surface area contributed by atoms with Crippen molar-refractivity contribution in [3.05, 3.63) is 54.1 Å². The van der Waals surface area contributed by atoms with Gasteiger partial charge in [-0.05, 0) is 26.0 Å². The SMILES string of the molecule is CCN(C(=O)COC(=O)c1cnc(C)cn1)c1ccccc1. The molecular formula is C16H17N3O3. The van der Waals surface area contributed by atoms with Crippen molar-refractivity contribution >= 4 is 17.6 Å². The first-order valence-electron chi connectivity index (χ1n) is 6.93. The quantitative estimate of drug-likeness (QED) is 0.790. The third-order valence-electron chi connectivity index (χ3n) is 3.00. The Kier molecular flexibility index (Phi) is 5.19. The molecule has 0 unspecified atom stereocenters. The van der Waals surface area contributed by atoms with Crippen molar-refractivity contribution < 1.29 is 14.3 Å². The minimum absolute atomic E-state index is 0.0844. The number of anilines is 1. The Balaban J connectivity index is 1.96. The molecule has 2 aromatic rings. The fourth-order valence-electron chi connectivity index (χ4n) is 1.89. The molecule has 1 aromatic heterocycles. The van der Waals surface area contributed by atoms with Gasteiger partial charge in [-0.25, -0.2) is 9.78 Å². The number of rotatable bonds is 5. The van der Waals surface area contributed by atoms with Gasteiger partial charge in [0.2, 0.25) is 0 Å². The number of aromatic nitrogens is 2. The smallest absolute Gasteiger partial charge is 0.359 e. The molecule has 0 fully saturated rings. The molecule has 1 amide bonds. The van der Waals surface area contributed by atoms with E-state index in [1.54, 1.807) is 11.8 Å². The molecule has 0 N–H and O–H groups in total. The minimum Gasteiger partial charge on any atom is -0.451 e. The van der Waals surface area contributed by atoms with E-state index < -0.39 is 5.97 Å². The summed E-state index contributed by atoms with van der Waals surface area (Å²) in [4.78, 5) is 33.4. The van der Waals surface area contributed by atoms with Gasteiger partial charge in [-0.15, -0.1) is 0 Å². The Morgan fingerprint density at radius 3 is 2.45 bits per heavy atom. The van der Waals surface area contributed by atoms with E-state index in [9.17, 15) is 9.59 Å². The van der Waals surface area contributed by atoms with Crippen LogP contribution in [0, 0.1) is 6.92 Å². The number of hydrogen-bond donors (Lipinski definition) is 0. The number of hydrogen-bond acceptors (Lipinski definition) is 5. The molecule has 6 heteroatoms. The number of nitrogens with zero attached hydrogens (tertiary/aromatic N) is 3. The first kappa shape index (κ1) is 15.6. The van der Waals surface area contributed by atoms with Crippen molar-refractivity contribution in [2.45, 2.75) is 13.8 Å². The van der Waals surface area contributed by atoms with Crippen molar-refractivity contribution in [3.63, 3.8) is 0 Å². The number of esters is 1. The van der Waals surface area contributed by atoms with Crippen molar-refractivity contribution in [2.75, 3.05) is 18.1 Å². The number of aryl methyl sites for hydroxylation is 1. The molecule has 1 heterocycles. The molecule has 0 atom stereocenters. The molecule has 0 radical (unpaired) electrons. The summed E-state index contributed by atoms with van der Waals surface area (Å²) in [6, 6.07) is 9.22. The number of benzene rings is 1. The summed E-state index contributed by atoms with van der Waals surface area (Å²) in [5.41, 5.74) is 1.55. The maximum absolute atomic E-state index is 12.2. The van der Waals surface area contributed by atoms with E-state index in [2.05, 4.69) is 9.97 Å². The number of carbonyl (C=O) groups excluding carboxylic acids is 2. The van der Waals surface area contributed by atoms with E-state index >= 15 is 0 Å². The average molecular weight is 299 g/mol. The van der Waals surface area contributed by atoms with E-state index in [1.165, 1.54) is 12.4 Å². The van der Waals surface area contributed by atoms with E-state index in [-0.39, 0.29) is 18.2 Å². The Morgan fingerprint density at radius 2 is 1.86 bits per heavy atom. The van der Waals surface area contributed by atoms with Crippen LogP contribution in [0.15, 0.2) is 42.7 Å². The highest BCUT2D eigenvalue weighted by molar-refractivity contribution is 5.96. The van der Waals surface area contributed by atoms with E-state index in [0.717, 1.165) is 5.69 Å². The number of likely N-dealkylation sites (N-methyl/N-ethyl adjacent to an activating group) is 1. The van der Waals surface area contributed by atoms with Crippen molar-refractivity contribution in [2.24, 2.45) is 0 Å². The van der Waals surface area contributed by atoms with Gasteiger partial charge in [0, 0.05) is 18.4 Å². The Bertz CT molecular complexity index is 641. The molecule has 0 saturated carbocycles. The van der Waals surface area contributed by atoms with Crippen LogP contribution in [0.3, 0.4) is 0 Å². The molecule has 0 bridgehead atoms. The summed E-state index contributed by atoms with van der Waals surface area (Å²) < 4.78 is 5.00. The van der Waals surface area contributed by atoms with Gasteiger partial charge in [0.15, 0.2) is 12.3 Å². The molecule has 0 aliphatic rings. The van der Waals surface area contributed by atoms with Crippen LogP contribution >= 0.6 is 0 Å². The van der Waals surface area contributed by atoms with Crippen LogP contribution in [0.25, 0.3) is 0 Å². The average Bonchev–Trinajstić information content (AvgIpc) is 2.55. The zero-order valence-electron chi connectivity index (χ0n) is 12.5. The van der Waals surface area contributed by atoms with Gasteiger partial charge in [0.25, 0.3) is 5.91 Å². The summed E-state index contributed by atoms with van der Waals surface area (Å²) in [5, 5.41) is 0. The van der Waals surface area contributed by atoms with Gasteiger partial charge in [-0.1, -0.05) is 18.2 Å². The summed E-state index contributed by atoms with van der Waals surface area (Å²) in [6.07, 6.45) is 2.80. The zero-order valence-corrected chi connectivity index (χ0v) is 12.5. The van der Waals surface area contributed by atoms with Crippen LogP contribution in [0.4, 0.5) is 5.69 Å². The van der Waals surface area contributed by atoms with Crippen molar-refractivity contribution in [1.82, 2.24) is 9.97 Å². The Morgan fingerprint density at radius 1 is 1.14 bits per heavy atom. The van der Waals surface area contributed by atoms with Crippen LogP contribution in [-0.2, 0) is 9.53 Å². The third-order valence-corrected chi connectivity index (χ3v) is 3.00. The van der Waals surface area contributed by atoms with Gasteiger partial charge >= 0.3 is 5.97 Å². The van der Waals surface area contributed by atoms with Crippen LogP contribution in [0.2, 0.25) is 0 Å². The number of carbonyl (C=O) groups is 2. The van der Waals surface area contributed by atoms with E-state index in [4.69, 9.17) is 4.74 Å². The third kappa shape index (κ3) is 3.88. The predicted molar refractivity (Wildman–Crippen MR) is 81.5 cm³/mol. The Labute approximate surface area is 128 Å². The van der Waals surface area contributed by atoms with Crippen molar-refractivity contribution in [1.29, 1.82) is 0 Å². The number of amides is 1. The largest absolute Gasteiger partial charge is 0.451 e. The molecule has 0 aliphatic heterocycles. The first-order chi connectivity index (χ1) is 10.6. The lowest BCUT2D eigenvalue weighted by atomic mass is 10.3. The maximum Gasteiger partial charge on any atom is 0.359 e. The summed E-state index contributed by atoms with van der Waals surface area (Å²) in [6.45, 7) is 3.78. The Hall–Kier alpha value is -2.76. The monoisotopic (exact) mass is 299 g/mol. The summed E-state index contributed by atoms with van der Waals surface area (Å²) in [5.74, 6) is -0.952. The highest BCUT2D eigenvalue weighted by Gasteiger charge is 2.17. The van der Waals surface area contributed by atoms with Crippen LogP contribution in [-0.4, -0.2) is 35.0 Å². The summed E-state index contributed by atoms with van der Waals surface area (Å²) in [7, 11) is 0. The van der Waals surface area contributed by atoms with Gasteiger partial charge in [0.05, 0.1) is 11.9 Å². The molecule has 22 heavy (non-hydrogen) atoms. The maximum atomic E-state index is 12.2. The first-order valence-corrected chi connectivity index (χ1v) is 6.93. The second-order valence-electron chi connectivity index (χ2n) is 4.59. The van der Waals surface area contributed by atoms with Gasteiger partial charge in [0.1, 0.15) is 0 Å². The van der Waals surface area contributed by atoms with Crippen LogP contribution in [0.1, 0.15) is 23.1 Å². The lowest BCUT2D eigenvalue weighted by molar-refractivity contribution is -0.121. The zero-order chi connectivity index (χ0) is 15.9. The number of ether oxygens (including phenoxy) is 1. The molecule has 0 aliphatic carbocycles. The normalized spacial score (nSPS) is 10.1. The second kappa shape index (κ2) is 7.31. The highest BCUT2D eigenvalue weighted by Crippen LogP contribution is 2.13. The molecular weight excluding hydrogens is 282 g/mol. The van der Waals surface area contributed by atoms with Crippen LogP contribution in [0.5, 0.6) is 0 Å². The second-order valence-corrected chi connectivity index (χ2v) is 4.59. The number of para-hydroxylation sites is 1. The van der Waals surface area contributed by atoms with E-state index in [1.807, 2.05) is 37.3 Å². The molecule has 0 saturated heterocycles. The topological polar surface area (TPSA) is 72.4 Å². The highest BCUT2D eigenvalue weighted by atomic mass is 16.5. The molecule has 2 rings (SSSR count). The fourth-order valence-corrected chi connectivity index (χ4v) is 1.89. The minimum atomic E-state index is -0.662. The lowest BCUT2D eigenvalue weighted by Gasteiger charge is -2.20. The lowest BCUT2D eigenvalue weighted by Crippen LogP contribution is -2.34. The van der Waals surface area contributed by atoms with Gasteiger partial charge in [-0.2, -0.15) is 0 Å². The van der Waals surface area contributed by atoms with Gasteiger partial charge < -0.3 is 9.64 Å². The van der Waals surface area contributed by atoms with Gasteiger partial charge in [-0.3, -0.25) is 9.78 Å². The molecule has 1 aromatic carbocycles. The fraction of sp³-hybridized carbons (Fsp3) is 0.250. The van der Waals surface area contributed by atoms with Crippen molar-refractivity contribution in [3.8, 4) is 0 Å². The summed E-state index contributed by atoms with van der Waals surface area (Å²) >= 11 is 0.